The molecule has 11 heteroatoms. The van der Waals surface area contributed by atoms with Crippen LogP contribution in [0.1, 0.15) is 21.5 Å². The van der Waals surface area contributed by atoms with E-state index < -0.39 is 21.6 Å². The Morgan fingerprint density at radius 2 is 1.82 bits per heavy atom. The first kappa shape index (κ1) is 24.5. The second-order valence-corrected chi connectivity index (χ2v) is 10.9. The predicted molar refractivity (Wildman–Crippen MR) is 128 cm³/mol. The molecular weight excluding hydrogens is 482 g/mol. The van der Waals surface area contributed by atoms with Crippen molar-refractivity contribution in [2.24, 2.45) is 0 Å². The molecule has 2 aliphatic heterocycles. The maximum absolute atomic E-state index is 13.2. The maximum Gasteiger partial charge on any atom is 0.337 e. The van der Waals surface area contributed by atoms with Crippen molar-refractivity contribution >= 4 is 39.0 Å². The Bertz CT molecular complexity index is 1260. The molecule has 2 aromatic rings. The maximum atomic E-state index is 13.2. The second kappa shape index (κ2) is 9.53. The minimum Gasteiger partial charge on any atom is -0.465 e. The molecule has 0 bridgehead atoms. The number of carbonyl (C=O) groups is 2. The number of esters is 1. The van der Waals surface area contributed by atoms with Gasteiger partial charge in [-0.25, -0.2) is 13.2 Å². The van der Waals surface area contributed by atoms with Crippen LogP contribution in [-0.4, -0.2) is 77.0 Å². The Labute approximate surface area is 203 Å². The van der Waals surface area contributed by atoms with Gasteiger partial charge in [0.15, 0.2) is 9.84 Å². The lowest BCUT2D eigenvalue weighted by molar-refractivity contribution is -0.117. The van der Waals surface area contributed by atoms with Crippen LogP contribution in [0.2, 0.25) is 5.02 Å². The number of halogens is 1. The van der Waals surface area contributed by atoms with Crippen molar-refractivity contribution in [1.82, 2.24) is 9.80 Å². The number of nitrogens with one attached hydrogen (secondary N) is 1. The number of aryl methyl sites for hydroxylation is 1. The van der Waals surface area contributed by atoms with Crippen LogP contribution in [-0.2, 0) is 25.1 Å². The van der Waals surface area contributed by atoms with Crippen molar-refractivity contribution in [2.45, 2.75) is 17.6 Å². The van der Waals surface area contributed by atoms with Crippen LogP contribution in [0.15, 0.2) is 29.2 Å². The predicted octanol–water partition coefficient (Wildman–Crippen LogP) is 2.70. The average Bonchev–Trinajstić information content (AvgIpc) is 2.88. The third kappa shape index (κ3) is 5.05. The third-order valence-corrected chi connectivity index (χ3v) is 7.86. The van der Waals surface area contributed by atoms with Crippen molar-refractivity contribution in [1.29, 1.82) is 0 Å². The highest BCUT2D eigenvalue weighted by molar-refractivity contribution is 7.90. The minimum atomic E-state index is -3.89. The minimum absolute atomic E-state index is 0.110. The number of rotatable bonds is 4. The van der Waals surface area contributed by atoms with Gasteiger partial charge in [-0.1, -0.05) is 11.6 Å². The van der Waals surface area contributed by atoms with E-state index in [0.29, 0.717) is 16.8 Å². The summed E-state index contributed by atoms with van der Waals surface area (Å²) in [6.07, 6.45) is 0. The normalized spacial score (nSPS) is 17.6. The molecule has 1 saturated heterocycles. The Balaban J connectivity index is 1.61. The summed E-state index contributed by atoms with van der Waals surface area (Å²) < 4.78 is 37.2. The number of hydrogen-bond donors (Lipinski definition) is 1. The number of benzene rings is 2. The summed E-state index contributed by atoms with van der Waals surface area (Å²) in [5.41, 5.74) is 1.27. The molecule has 2 heterocycles. The van der Waals surface area contributed by atoms with Gasteiger partial charge in [-0.15, -0.1) is 0 Å². The molecule has 2 aromatic carbocycles. The molecule has 4 rings (SSSR count). The summed E-state index contributed by atoms with van der Waals surface area (Å²) >= 11 is 6.47. The van der Waals surface area contributed by atoms with Crippen LogP contribution >= 0.6 is 11.6 Å². The zero-order chi connectivity index (χ0) is 24.6. The topological polar surface area (TPSA) is 105 Å². The fraction of sp³-hybridized carbons (Fsp3) is 0.391. The molecule has 0 atom stereocenters. The summed E-state index contributed by atoms with van der Waals surface area (Å²) in [5.74, 6) is -0.942. The summed E-state index contributed by atoms with van der Waals surface area (Å²) in [6.45, 7) is 5.26. The van der Waals surface area contributed by atoms with Gasteiger partial charge in [0.1, 0.15) is 16.4 Å². The molecule has 2 aliphatic rings. The van der Waals surface area contributed by atoms with Gasteiger partial charge in [-0.2, -0.15) is 0 Å². The van der Waals surface area contributed by atoms with E-state index >= 15 is 0 Å². The molecule has 9 nitrogen and oxygen atoms in total. The summed E-state index contributed by atoms with van der Waals surface area (Å²) in [4.78, 5) is 28.7. The molecule has 0 saturated carbocycles. The van der Waals surface area contributed by atoms with E-state index in [-0.39, 0.29) is 39.4 Å². The summed E-state index contributed by atoms with van der Waals surface area (Å²) in [6, 6.07) is 5.86. The van der Waals surface area contributed by atoms with E-state index in [9.17, 15) is 18.0 Å². The van der Waals surface area contributed by atoms with Gasteiger partial charge in [0.2, 0.25) is 5.91 Å². The molecular formula is C23H26ClN3O6S. The van der Waals surface area contributed by atoms with Gasteiger partial charge in [0, 0.05) is 37.4 Å². The first-order chi connectivity index (χ1) is 16.1. The smallest absolute Gasteiger partial charge is 0.337 e. The van der Waals surface area contributed by atoms with E-state index in [4.69, 9.17) is 21.1 Å². The van der Waals surface area contributed by atoms with E-state index in [1.165, 1.54) is 25.3 Å². The number of hydrogen-bond acceptors (Lipinski definition) is 8. The lowest BCUT2D eigenvalue weighted by atomic mass is 10.1. The number of amides is 1. The van der Waals surface area contributed by atoms with Crippen molar-refractivity contribution in [3.05, 3.63) is 46.0 Å². The number of sulfone groups is 1. The Kier molecular flexibility index (Phi) is 6.86. The highest BCUT2D eigenvalue weighted by Crippen LogP contribution is 2.44. The molecule has 0 radical (unpaired) electrons. The lowest BCUT2D eigenvalue weighted by Crippen LogP contribution is -2.47. The van der Waals surface area contributed by atoms with E-state index in [0.717, 1.165) is 26.2 Å². The number of methoxy groups -OCH3 is 1. The van der Waals surface area contributed by atoms with E-state index in [2.05, 4.69) is 15.1 Å². The zero-order valence-corrected chi connectivity index (χ0v) is 20.8. The van der Waals surface area contributed by atoms with Crippen LogP contribution in [0.25, 0.3) is 0 Å². The third-order valence-electron chi connectivity index (χ3n) is 5.91. The average molecular weight is 508 g/mol. The van der Waals surface area contributed by atoms with Crippen molar-refractivity contribution in [2.75, 3.05) is 52.2 Å². The van der Waals surface area contributed by atoms with Gasteiger partial charge < -0.3 is 19.7 Å². The van der Waals surface area contributed by atoms with E-state index in [1.807, 2.05) is 7.05 Å². The monoisotopic (exact) mass is 507 g/mol. The van der Waals surface area contributed by atoms with Gasteiger partial charge in [-0.3, -0.25) is 9.69 Å². The first-order valence-electron chi connectivity index (χ1n) is 10.7. The second-order valence-electron chi connectivity index (χ2n) is 8.55. The van der Waals surface area contributed by atoms with Gasteiger partial charge in [0.25, 0.3) is 0 Å². The zero-order valence-electron chi connectivity index (χ0n) is 19.2. The fourth-order valence-electron chi connectivity index (χ4n) is 4.08. The van der Waals surface area contributed by atoms with Crippen molar-refractivity contribution < 1.29 is 27.5 Å². The number of fused-ring (bicyclic) bond motifs is 2. The largest absolute Gasteiger partial charge is 0.465 e. The van der Waals surface area contributed by atoms with Gasteiger partial charge >= 0.3 is 5.97 Å². The van der Waals surface area contributed by atoms with Crippen LogP contribution in [0.3, 0.4) is 0 Å². The Hall–Kier alpha value is -2.66. The molecule has 0 spiro atoms. The molecule has 1 fully saturated rings. The Morgan fingerprint density at radius 1 is 1.12 bits per heavy atom. The lowest BCUT2D eigenvalue weighted by Gasteiger charge is -2.31. The first-order valence-corrected chi connectivity index (χ1v) is 12.8. The fourth-order valence-corrected chi connectivity index (χ4v) is 5.93. The summed E-state index contributed by atoms with van der Waals surface area (Å²) in [5, 5.41) is 2.99. The van der Waals surface area contributed by atoms with Crippen LogP contribution in [0.5, 0.6) is 11.5 Å². The van der Waals surface area contributed by atoms with Crippen LogP contribution in [0.4, 0.5) is 5.69 Å². The number of piperazine rings is 1. The SMILES string of the molecule is COC(=O)c1cc(C)c2c(c1)S(=O)(=O)Cc1cc(NC(=O)CN3CCN(C)CC3)cc(Cl)c1O2. The molecule has 0 aromatic heterocycles. The van der Waals surface area contributed by atoms with Crippen LogP contribution < -0.4 is 10.1 Å². The summed E-state index contributed by atoms with van der Waals surface area (Å²) in [7, 11) is -0.617. The highest BCUT2D eigenvalue weighted by atomic mass is 35.5. The molecule has 0 unspecified atom stereocenters. The number of likely N-dealkylation sites (N-methyl/N-ethyl adjacent to an activating group) is 1. The quantitative estimate of drug-likeness (QED) is 0.630. The number of ether oxygens (including phenoxy) is 2. The Morgan fingerprint density at radius 3 is 2.50 bits per heavy atom. The van der Waals surface area contributed by atoms with Crippen molar-refractivity contribution in [3.63, 3.8) is 0 Å². The molecule has 1 amide bonds. The molecule has 1 N–H and O–H groups in total. The van der Waals surface area contributed by atoms with Gasteiger partial charge in [0.05, 0.1) is 30.0 Å². The highest BCUT2D eigenvalue weighted by Gasteiger charge is 2.31. The number of nitrogens with zero attached hydrogens (tertiary/aromatic N) is 2. The van der Waals surface area contributed by atoms with Crippen molar-refractivity contribution in [3.8, 4) is 11.5 Å². The number of anilines is 1. The number of carbonyl (C=O) groups excluding carboxylic acids is 2. The molecule has 0 aliphatic carbocycles. The molecule has 34 heavy (non-hydrogen) atoms. The van der Waals surface area contributed by atoms with Gasteiger partial charge in [-0.05, 0) is 43.8 Å². The molecule has 182 valence electrons. The standard InChI is InChI=1S/C23H26ClN3O6S/c1-14-8-15(23(29)32-3)10-19-21(14)33-22-16(13-34(19,30)31)9-17(11-18(22)24)25-20(28)12-27-6-4-26(2)5-7-27/h8-11H,4-7,12-13H2,1-3H3,(H,25,28). The van der Waals surface area contributed by atoms with E-state index in [1.54, 1.807) is 13.0 Å². The van der Waals surface area contributed by atoms with Crippen LogP contribution in [0, 0.1) is 6.92 Å².